The Kier molecular flexibility index (Phi) is 5.70. The topological polar surface area (TPSA) is 65.1 Å². The minimum absolute atomic E-state index is 0.0212. The minimum atomic E-state index is -4.97. The molecule has 0 amide bonds. The van der Waals surface area contributed by atoms with Crippen molar-refractivity contribution in [2.75, 3.05) is 26.3 Å². The van der Waals surface area contributed by atoms with Crippen molar-refractivity contribution < 1.29 is 26.0 Å². The van der Waals surface area contributed by atoms with Crippen LogP contribution >= 0.6 is 0 Å². The second-order valence-electron chi connectivity index (χ2n) is 6.22. The van der Waals surface area contributed by atoms with Gasteiger partial charge in [0, 0.05) is 26.2 Å². The van der Waals surface area contributed by atoms with Gasteiger partial charge >= 0.3 is 10.5 Å². The number of ether oxygens (including phenoxy) is 2. The second kappa shape index (κ2) is 7.77. The van der Waals surface area contributed by atoms with E-state index >= 15 is 0 Å². The zero-order chi connectivity index (χ0) is 17.0. The Labute approximate surface area is 141 Å². The Morgan fingerprint density at radius 2 is 1.83 bits per heavy atom. The van der Waals surface area contributed by atoms with Gasteiger partial charge in [0.15, 0.2) is 0 Å². The number of rotatable bonds is 6. The summed E-state index contributed by atoms with van der Waals surface area (Å²) in [5.74, 6) is -0.0212. The molecule has 1 aromatic carbocycles. The molecule has 3 rings (SSSR count). The fourth-order valence-electron chi connectivity index (χ4n) is 3.12. The zero-order valence-corrected chi connectivity index (χ0v) is 14.2. The molecule has 24 heavy (non-hydrogen) atoms. The quantitative estimate of drug-likeness (QED) is 0.725. The van der Waals surface area contributed by atoms with E-state index in [0.29, 0.717) is 12.7 Å². The summed E-state index contributed by atoms with van der Waals surface area (Å²) in [6, 6.07) is 6.42. The normalized spacial score (nSPS) is 23.5. The number of hydrogen-bond donors (Lipinski definition) is 0. The monoisotopic (exact) mass is 359 g/mol. The lowest BCUT2D eigenvalue weighted by atomic mass is 10.1. The van der Waals surface area contributed by atoms with Gasteiger partial charge in [0.25, 0.3) is 0 Å². The molecule has 2 aliphatic heterocycles. The van der Waals surface area contributed by atoms with E-state index < -0.39 is 10.5 Å². The van der Waals surface area contributed by atoms with Crippen molar-refractivity contribution in [3.05, 3.63) is 29.8 Å². The van der Waals surface area contributed by atoms with Crippen molar-refractivity contribution in [2.24, 2.45) is 0 Å². The van der Waals surface area contributed by atoms with E-state index in [0.717, 1.165) is 51.1 Å². The van der Waals surface area contributed by atoms with Crippen LogP contribution in [0.25, 0.3) is 0 Å². The molecule has 1 atom stereocenters. The lowest BCUT2D eigenvalue weighted by Gasteiger charge is -2.33. The summed E-state index contributed by atoms with van der Waals surface area (Å²) in [6.07, 6.45) is 3.54. The Bertz CT molecular complexity index is 622. The molecular weight excluding hydrogens is 337 g/mol. The van der Waals surface area contributed by atoms with Crippen LogP contribution in [0.2, 0.25) is 0 Å². The number of hydrogen-bond acceptors (Lipinski definition) is 6. The van der Waals surface area contributed by atoms with Gasteiger partial charge in [0.2, 0.25) is 0 Å². The van der Waals surface area contributed by atoms with Gasteiger partial charge in [-0.1, -0.05) is 16.0 Å². The Morgan fingerprint density at radius 3 is 2.42 bits per heavy atom. The summed E-state index contributed by atoms with van der Waals surface area (Å²) in [5.41, 5.74) is 1.03. The molecule has 2 aliphatic rings. The van der Waals surface area contributed by atoms with Crippen LogP contribution in [-0.2, 0) is 26.5 Å². The van der Waals surface area contributed by atoms with E-state index in [-0.39, 0.29) is 11.9 Å². The first-order chi connectivity index (χ1) is 11.5. The maximum Gasteiger partial charge on any atom is 0.488 e. The molecule has 0 radical (unpaired) electrons. The molecule has 8 heteroatoms. The van der Waals surface area contributed by atoms with Crippen LogP contribution in [0, 0.1) is 0 Å². The van der Waals surface area contributed by atoms with E-state index in [9.17, 15) is 12.3 Å². The number of benzene rings is 1. The smallest absolute Gasteiger partial charge is 0.379 e. The first-order valence-electron chi connectivity index (χ1n) is 8.16. The molecule has 0 saturated carbocycles. The summed E-state index contributed by atoms with van der Waals surface area (Å²) < 4.78 is 48.9. The zero-order valence-electron chi connectivity index (χ0n) is 13.4. The van der Waals surface area contributed by atoms with E-state index in [1.165, 1.54) is 12.1 Å². The Morgan fingerprint density at radius 1 is 1.12 bits per heavy atom. The average Bonchev–Trinajstić information content (AvgIpc) is 3.03. The third kappa shape index (κ3) is 5.41. The fraction of sp³-hybridized carbons (Fsp3) is 0.625. The Hall–Kier alpha value is -1.22. The van der Waals surface area contributed by atoms with E-state index in [2.05, 4.69) is 9.08 Å². The highest BCUT2D eigenvalue weighted by atomic mass is 32.3. The lowest BCUT2D eigenvalue weighted by molar-refractivity contribution is -0.0448. The van der Waals surface area contributed by atoms with Crippen LogP contribution in [0.4, 0.5) is 3.89 Å². The highest BCUT2D eigenvalue weighted by molar-refractivity contribution is 7.81. The third-order valence-corrected chi connectivity index (χ3v) is 4.72. The van der Waals surface area contributed by atoms with Crippen LogP contribution in [0.5, 0.6) is 5.75 Å². The van der Waals surface area contributed by atoms with Crippen molar-refractivity contribution in [2.45, 2.75) is 38.0 Å². The number of likely N-dealkylation sites (tertiary alicyclic amines) is 1. The molecule has 2 heterocycles. The maximum absolute atomic E-state index is 12.5. The van der Waals surface area contributed by atoms with Gasteiger partial charge in [-0.3, -0.25) is 4.90 Å². The molecular formula is C16H22FNO5S. The third-order valence-electron chi connectivity index (χ3n) is 4.33. The average molecular weight is 359 g/mol. The summed E-state index contributed by atoms with van der Waals surface area (Å²) in [6.45, 7) is 4.18. The van der Waals surface area contributed by atoms with E-state index in [4.69, 9.17) is 9.47 Å². The summed E-state index contributed by atoms with van der Waals surface area (Å²) in [5, 5.41) is 0. The van der Waals surface area contributed by atoms with Crippen molar-refractivity contribution in [3.63, 3.8) is 0 Å². The van der Waals surface area contributed by atoms with Crippen LogP contribution in [0.15, 0.2) is 24.3 Å². The van der Waals surface area contributed by atoms with Crippen molar-refractivity contribution in [1.29, 1.82) is 0 Å². The summed E-state index contributed by atoms with van der Waals surface area (Å²) >= 11 is 0. The highest BCUT2D eigenvalue weighted by Crippen LogP contribution is 2.21. The minimum Gasteiger partial charge on any atom is -0.379 e. The molecule has 0 aromatic heterocycles. The molecule has 6 nitrogen and oxygen atoms in total. The van der Waals surface area contributed by atoms with Gasteiger partial charge in [-0.05, 0) is 37.0 Å². The standard InChI is InChI=1S/C16H22FNO5S/c17-24(19,20)23-15-3-1-13(2-4-15)11-18-8-5-14(6-9-18)22-16-7-10-21-12-16/h1-4,14,16H,5-12H2. The van der Waals surface area contributed by atoms with E-state index in [1.54, 1.807) is 12.1 Å². The summed E-state index contributed by atoms with van der Waals surface area (Å²) in [7, 11) is -4.97. The van der Waals surface area contributed by atoms with Crippen molar-refractivity contribution >= 4 is 10.5 Å². The van der Waals surface area contributed by atoms with Gasteiger partial charge in [-0.2, -0.15) is 8.42 Å². The number of nitrogens with zero attached hydrogens (tertiary/aromatic N) is 1. The maximum atomic E-state index is 12.5. The number of piperidine rings is 1. The SMILES string of the molecule is O=S(=O)(F)Oc1ccc(CN2CCC(OC3CCOC3)CC2)cc1. The molecule has 1 unspecified atom stereocenters. The van der Waals surface area contributed by atoms with Gasteiger partial charge < -0.3 is 13.7 Å². The molecule has 0 aliphatic carbocycles. The van der Waals surface area contributed by atoms with E-state index in [1.807, 2.05) is 0 Å². The van der Waals surface area contributed by atoms with Gasteiger partial charge in [0.1, 0.15) is 5.75 Å². The van der Waals surface area contributed by atoms with Crippen molar-refractivity contribution in [1.82, 2.24) is 4.90 Å². The summed E-state index contributed by atoms with van der Waals surface area (Å²) in [4.78, 5) is 2.33. The Balaban J connectivity index is 1.44. The predicted molar refractivity (Wildman–Crippen MR) is 85.7 cm³/mol. The molecule has 0 N–H and O–H groups in total. The number of halogens is 1. The second-order valence-corrected chi connectivity index (χ2v) is 7.17. The first-order valence-corrected chi connectivity index (χ1v) is 9.47. The lowest BCUT2D eigenvalue weighted by Crippen LogP contribution is -2.38. The fourth-order valence-corrected chi connectivity index (χ4v) is 3.46. The molecule has 0 bridgehead atoms. The molecule has 2 saturated heterocycles. The first kappa shape index (κ1) is 17.6. The van der Waals surface area contributed by atoms with Crippen molar-refractivity contribution in [3.8, 4) is 5.75 Å². The van der Waals surface area contributed by atoms with Crippen LogP contribution in [0.1, 0.15) is 24.8 Å². The highest BCUT2D eigenvalue weighted by Gasteiger charge is 2.25. The molecule has 1 aromatic rings. The predicted octanol–water partition coefficient (Wildman–Crippen LogP) is 2.05. The van der Waals surface area contributed by atoms with Gasteiger partial charge in [-0.15, -0.1) is 0 Å². The van der Waals surface area contributed by atoms with Crippen LogP contribution in [-0.4, -0.2) is 51.8 Å². The van der Waals surface area contributed by atoms with Crippen LogP contribution < -0.4 is 4.18 Å². The largest absolute Gasteiger partial charge is 0.488 e. The van der Waals surface area contributed by atoms with Gasteiger partial charge in [0.05, 0.1) is 18.8 Å². The van der Waals surface area contributed by atoms with Crippen LogP contribution in [0.3, 0.4) is 0 Å². The molecule has 134 valence electrons. The van der Waals surface area contributed by atoms with Gasteiger partial charge in [-0.25, -0.2) is 0 Å². The molecule has 2 fully saturated rings. The molecule has 0 spiro atoms.